The molecule has 5 heteroatoms. The fourth-order valence-corrected chi connectivity index (χ4v) is 2.75. The molecule has 2 aromatic rings. The molecule has 0 bridgehead atoms. The van der Waals surface area contributed by atoms with Crippen LogP contribution in [0.2, 0.25) is 0 Å². The summed E-state index contributed by atoms with van der Waals surface area (Å²) >= 11 is 0. The first kappa shape index (κ1) is 15.6. The zero-order valence-electron chi connectivity index (χ0n) is 12.7. The molecule has 120 valence electrons. The number of rotatable bonds is 4. The molecule has 23 heavy (non-hydrogen) atoms. The fourth-order valence-electron chi connectivity index (χ4n) is 2.75. The summed E-state index contributed by atoms with van der Waals surface area (Å²) in [7, 11) is 0. The molecular weight excluding hydrogens is 298 g/mol. The molecule has 0 spiro atoms. The molecule has 0 aromatic heterocycles. The van der Waals surface area contributed by atoms with Crippen LogP contribution in [0.15, 0.2) is 42.5 Å². The van der Waals surface area contributed by atoms with Crippen molar-refractivity contribution >= 4 is 11.6 Å². The number of hydrogen-bond donors (Lipinski definition) is 1. The minimum absolute atomic E-state index is 0.0301. The molecule has 1 aliphatic rings. The Morgan fingerprint density at radius 3 is 2.39 bits per heavy atom. The Morgan fingerprint density at radius 2 is 1.74 bits per heavy atom. The van der Waals surface area contributed by atoms with E-state index in [-0.39, 0.29) is 5.69 Å². The lowest BCUT2D eigenvalue weighted by molar-refractivity contribution is 0.102. The van der Waals surface area contributed by atoms with Crippen molar-refractivity contribution in [2.24, 2.45) is 0 Å². The molecular formula is C18H18F2N2O. The third kappa shape index (κ3) is 3.93. The molecule has 1 fully saturated rings. The van der Waals surface area contributed by atoms with E-state index < -0.39 is 17.5 Å². The van der Waals surface area contributed by atoms with Gasteiger partial charge in [-0.05, 0) is 55.8 Å². The van der Waals surface area contributed by atoms with Gasteiger partial charge >= 0.3 is 0 Å². The Labute approximate surface area is 133 Å². The number of benzene rings is 2. The Hall–Kier alpha value is -2.27. The van der Waals surface area contributed by atoms with Crippen molar-refractivity contribution < 1.29 is 13.6 Å². The second kappa shape index (κ2) is 6.87. The van der Waals surface area contributed by atoms with E-state index in [1.807, 2.05) is 12.1 Å². The molecule has 3 rings (SSSR count). The Bertz CT molecular complexity index is 695. The van der Waals surface area contributed by atoms with E-state index in [9.17, 15) is 13.6 Å². The highest BCUT2D eigenvalue weighted by Crippen LogP contribution is 2.17. The third-order valence-corrected chi connectivity index (χ3v) is 4.00. The summed E-state index contributed by atoms with van der Waals surface area (Å²) in [5.41, 5.74) is 1.56. The maximum absolute atomic E-state index is 13.6. The molecule has 0 unspecified atom stereocenters. The van der Waals surface area contributed by atoms with Gasteiger partial charge in [0.05, 0.1) is 5.69 Å². The first-order chi connectivity index (χ1) is 11.1. The first-order valence-electron chi connectivity index (χ1n) is 7.69. The molecule has 0 atom stereocenters. The normalized spacial score (nSPS) is 14.9. The SMILES string of the molecule is O=C(Nc1ccc(F)cc1F)c1ccc(CN2CCCC2)cc1. The molecule has 3 nitrogen and oxygen atoms in total. The van der Waals surface area contributed by atoms with Crippen LogP contribution in [-0.2, 0) is 6.54 Å². The molecule has 1 N–H and O–H groups in total. The van der Waals surface area contributed by atoms with E-state index in [0.29, 0.717) is 5.56 Å². The van der Waals surface area contributed by atoms with E-state index in [1.54, 1.807) is 12.1 Å². The van der Waals surface area contributed by atoms with E-state index in [4.69, 9.17) is 0 Å². The van der Waals surface area contributed by atoms with Crippen molar-refractivity contribution in [3.05, 3.63) is 65.2 Å². The largest absolute Gasteiger partial charge is 0.319 e. The summed E-state index contributed by atoms with van der Waals surface area (Å²) in [5, 5.41) is 2.46. The van der Waals surface area contributed by atoms with Gasteiger partial charge in [-0.3, -0.25) is 9.69 Å². The minimum atomic E-state index is -0.788. The molecule has 1 saturated heterocycles. The van der Waals surface area contributed by atoms with E-state index in [2.05, 4.69) is 10.2 Å². The van der Waals surface area contributed by atoms with Crippen LogP contribution in [0.5, 0.6) is 0 Å². The zero-order chi connectivity index (χ0) is 16.2. The van der Waals surface area contributed by atoms with Crippen LogP contribution in [-0.4, -0.2) is 23.9 Å². The number of amides is 1. The van der Waals surface area contributed by atoms with Crippen molar-refractivity contribution in [3.63, 3.8) is 0 Å². The average molecular weight is 316 g/mol. The summed E-state index contributed by atoms with van der Waals surface area (Å²) in [6.45, 7) is 3.12. The second-order valence-electron chi connectivity index (χ2n) is 5.76. The van der Waals surface area contributed by atoms with Crippen LogP contribution in [0, 0.1) is 11.6 Å². The molecule has 0 saturated carbocycles. The lowest BCUT2D eigenvalue weighted by Crippen LogP contribution is -2.18. The molecule has 0 radical (unpaired) electrons. The monoisotopic (exact) mass is 316 g/mol. The maximum atomic E-state index is 13.6. The van der Waals surface area contributed by atoms with Crippen LogP contribution >= 0.6 is 0 Å². The van der Waals surface area contributed by atoms with Crippen molar-refractivity contribution in [2.75, 3.05) is 18.4 Å². The number of nitrogens with one attached hydrogen (secondary N) is 1. The predicted molar refractivity (Wildman–Crippen MR) is 85.3 cm³/mol. The molecule has 1 heterocycles. The van der Waals surface area contributed by atoms with Crippen molar-refractivity contribution in [1.82, 2.24) is 4.90 Å². The Balaban J connectivity index is 1.65. The van der Waals surface area contributed by atoms with Gasteiger partial charge in [-0.25, -0.2) is 8.78 Å². The van der Waals surface area contributed by atoms with Crippen LogP contribution in [0.1, 0.15) is 28.8 Å². The Morgan fingerprint density at radius 1 is 1.04 bits per heavy atom. The number of carbonyl (C=O) groups excluding carboxylic acids is 1. The van der Waals surface area contributed by atoms with Gasteiger partial charge in [-0.1, -0.05) is 12.1 Å². The van der Waals surface area contributed by atoms with Crippen LogP contribution < -0.4 is 5.32 Å². The van der Waals surface area contributed by atoms with Gasteiger partial charge in [-0.2, -0.15) is 0 Å². The smallest absolute Gasteiger partial charge is 0.255 e. The summed E-state index contributed by atoms with van der Waals surface area (Å²) in [6, 6.07) is 10.3. The van der Waals surface area contributed by atoms with Gasteiger partial charge < -0.3 is 5.32 Å². The van der Waals surface area contributed by atoms with Gasteiger partial charge in [0.1, 0.15) is 11.6 Å². The summed E-state index contributed by atoms with van der Waals surface area (Å²) in [6.07, 6.45) is 2.48. The summed E-state index contributed by atoms with van der Waals surface area (Å²) < 4.78 is 26.4. The van der Waals surface area contributed by atoms with E-state index >= 15 is 0 Å². The third-order valence-electron chi connectivity index (χ3n) is 4.00. The summed E-state index contributed by atoms with van der Waals surface area (Å²) in [4.78, 5) is 14.5. The number of likely N-dealkylation sites (tertiary alicyclic amines) is 1. The number of halogens is 2. The highest BCUT2D eigenvalue weighted by atomic mass is 19.1. The lowest BCUT2D eigenvalue weighted by Gasteiger charge is -2.14. The molecule has 1 amide bonds. The van der Waals surface area contributed by atoms with E-state index in [1.165, 1.54) is 18.9 Å². The fraction of sp³-hybridized carbons (Fsp3) is 0.278. The first-order valence-corrected chi connectivity index (χ1v) is 7.69. The standard InChI is InChI=1S/C18H18F2N2O/c19-15-7-8-17(16(20)11-15)21-18(23)14-5-3-13(4-6-14)12-22-9-1-2-10-22/h3-8,11H,1-2,9-10,12H2,(H,21,23). The van der Waals surface area contributed by atoms with Gasteiger partial charge in [0.15, 0.2) is 0 Å². The highest BCUT2D eigenvalue weighted by molar-refractivity contribution is 6.04. The van der Waals surface area contributed by atoms with Gasteiger partial charge in [-0.15, -0.1) is 0 Å². The van der Waals surface area contributed by atoms with Crippen LogP contribution in [0.3, 0.4) is 0 Å². The minimum Gasteiger partial charge on any atom is -0.319 e. The van der Waals surface area contributed by atoms with Gasteiger partial charge in [0.25, 0.3) is 5.91 Å². The number of nitrogens with zero attached hydrogens (tertiary/aromatic N) is 1. The van der Waals surface area contributed by atoms with Crippen molar-refractivity contribution in [2.45, 2.75) is 19.4 Å². The average Bonchev–Trinajstić information content (AvgIpc) is 3.04. The summed E-state index contributed by atoms with van der Waals surface area (Å²) in [5.74, 6) is -1.88. The zero-order valence-corrected chi connectivity index (χ0v) is 12.7. The molecule has 1 aliphatic heterocycles. The van der Waals surface area contributed by atoms with Crippen molar-refractivity contribution in [3.8, 4) is 0 Å². The van der Waals surface area contributed by atoms with Gasteiger partial charge in [0.2, 0.25) is 0 Å². The predicted octanol–water partition coefficient (Wildman–Crippen LogP) is 3.81. The highest BCUT2D eigenvalue weighted by Gasteiger charge is 2.13. The van der Waals surface area contributed by atoms with Crippen LogP contribution in [0.4, 0.5) is 14.5 Å². The number of hydrogen-bond acceptors (Lipinski definition) is 2. The van der Waals surface area contributed by atoms with E-state index in [0.717, 1.165) is 37.3 Å². The second-order valence-corrected chi connectivity index (χ2v) is 5.76. The van der Waals surface area contributed by atoms with Crippen LogP contribution in [0.25, 0.3) is 0 Å². The number of carbonyl (C=O) groups is 1. The molecule has 0 aliphatic carbocycles. The Kier molecular flexibility index (Phi) is 4.67. The maximum Gasteiger partial charge on any atom is 0.255 e. The van der Waals surface area contributed by atoms with Crippen molar-refractivity contribution in [1.29, 1.82) is 0 Å². The molecule has 2 aromatic carbocycles. The quantitative estimate of drug-likeness (QED) is 0.930. The number of anilines is 1. The lowest BCUT2D eigenvalue weighted by atomic mass is 10.1. The van der Waals surface area contributed by atoms with Gasteiger partial charge in [0, 0.05) is 18.2 Å². The topological polar surface area (TPSA) is 32.3 Å².